The highest BCUT2D eigenvalue weighted by Gasteiger charge is 2.44. The summed E-state index contributed by atoms with van der Waals surface area (Å²) in [6.45, 7) is 16.0. The molecule has 0 radical (unpaired) electrons. The highest BCUT2D eigenvalue weighted by atomic mass is 28.4. The van der Waals surface area contributed by atoms with Gasteiger partial charge in [-0.15, -0.1) is 0 Å². The maximum absolute atomic E-state index is 13.1. The van der Waals surface area contributed by atoms with Gasteiger partial charge in [-0.3, -0.25) is 14.9 Å². The molecule has 1 saturated heterocycles. The SMILES string of the molecule is CC(C)(C)OC(=O)NCC(=O)NC[C@@H]1C[C@@H](O[Si](C)(C)C(C)(C)C)CN1C(=O)OCc1ccc([N+](=O)[O-])cc1. The number of amides is 3. The summed E-state index contributed by atoms with van der Waals surface area (Å²) in [7, 11) is -2.12. The Hall–Kier alpha value is -3.19. The molecule has 3 amide bonds. The Bertz CT molecular complexity index is 1030. The van der Waals surface area contributed by atoms with Crippen molar-refractivity contribution in [3.63, 3.8) is 0 Å². The fourth-order valence-electron chi connectivity index (χ4n) is 3.67. The first kappa shape index (κ1) is 32.0. The molecule has 218 valence electrons. The number of nitrogens with zero attached hydrogens (tertiary/aromatic N) is 2. The number of likely N-dealkylation sites (tertiary alicyclic amines) is 1. The molecule has 0 aliphatic carbocycles. The molecule has 0 spiro atoms. The lowest BCUT2D eigenvalue weighted by Crippen LogP contribution is -2.46. The molecule has 1 aromatic rings. The smallest absolute Gasteiger partial charge is 0.410 e. The summed E-state index contributed by atoms with van der Waals surface area (Å²) >= 11 is 0. The molecule has 2 N–H and O–H groups in total. The fourth-order valence-corrected chi connectivity index (χ4v) is 5.03. The van der Waals surface area contributed by atoms with E-state index in [0.29, 0.717) is 18.5 Å². The number of benzene rings is 1. The second kappa shape index (κ2) is 12.8. The van der Waals surface area contributed by atoms with Crippen LogP contribution in [0.15, 0.2) is 24.3 Å². The first-order valence-corrected chi connectivity index (χ1v) is 15.9. The van der Waals surface area contributed by atoms with E-state index in [-0.39, 0.29) is 42.6 Å². The van der Waals surface area contributed by atoms with Gasteiger partial charge in [0.25, 0.3) is 5.69 Å². The molecule has 1 aromatic carbocycles. The van der Waals surface area contributed by atoms with E-state index in [1.54, 1.807) is 25.7 Å². The van der Waals surface area contributed by atoms with Crippen LogP contribution in [0.25, 0.3) is 0 Å². The summed E-state index contributed by atoms with van der Waals surface area (Å²) < 4.78 is 17.2. The summed E-state index contributed by atoms with van der Waals surface area (Å²) in [5.74, 6) is -0.422. The number of nitrogens with one attached hydrogen (secondary N) is 2. The third kappa shape index (κ3) is 10.1. The first-order chi connectivity index (χ1) is 17.9. The lowest BCUT2D eigenvalue weighted by atomic mass is 10.2. The van der Waals surface area contributed by atoms with E-state index >= 15 is 0 Å². The van der Waals surface area contributed by atoms with E-state index in [0.717, 1.165) is 0 Å². The van der Waals surface area contributed by atoms with Crippen LogP contribution < -0.4 is 10.6 Å². The average molecular weight is 567 g/mol. The van der Waals surface area contributed by atoms with Crippen molar-refractivity contribution in [2.75, 3.05) is 19.6 Å². The van der Waals surface area contributed by atoms with Gasteiger partial charge in [0.05, 0.1) is 23.6 Å². The van der Waals surface area contributed by atoms with Crippen molar-refractivity contribution in [2.45, 2.75) is 90.4 Å². The quantitative estimate of drug-likeness (QED) is 0.255. The number of nitro benzene ring substituents is 1. The van der Waals surface area contributed by atoms with E-state index in [4.69, 9.17) is 13.9 Å². The molecule has 1 aliphatic heterocycles. The van der Waals surface area contributed by atoms with Crippen molar-refractivity contribution in [1.29, 1.82) is 0 Å². The molecule has 1 heterocycles. The second-order valence-electron chi connectivity index (χ2n) is 12.2. The van der Waals surface area contributed by atoms with E-state index in [1.807, 2.05) is 0 Å². The van der Waals surface area contributed by atoms with Crippen LogP contribution >= 0.6 is 0 Å². The molecule has 0 saturated carbocycles. The average Bonchev–Trinajstić information content (AvgIpc) is 3.20. The van der Waals surface area contributed by atoms with Crippen molar-refractivity contribution in [2.24, 2.45) is 0 Å². The first-order valence-electron chi connectivity index (χ1n) is 13.0. The molecule has 0 bridgehead atoms. The molecule has 12 nitrogen and oxygen atoms in total. The lowest BCUT2D eigenvalue weighted by Gasteiger charge is -2.38. The molecule has 39 heavy (non-hydrogen) atoms. The zero-order chi connectivity index (χ0) is 29.6. The van der Waals surface area contributed by atoms with Crippen molar-refractivity contribution < 1.29 is 33.2 Å². The highest BCUT2D eigenvalue weighted by molar-refractivity contribution is 6.74. The molecule has 13 heteroatoms. The minimum atomic E-state index is -2.12. The predicted molar refractivity (Wildman–Crippen MR) is 148 cm³/mol. The zero-order valence-electron chi connectivity index (χ0n) is 24.2. The number of carbonyl (C=O) groups is 3. The summed E-state index contributed by atoms with van der Waals surface area (Å²) in [4.78, 5) is 49.2. The molecule has 1 fully saturated rings. The second-order valence-corrected chi connectivity index (χ2v) is 16.9. The Morgan fingerprint density at radius 1 is 1.08 bits per heavy atom. The van der Waals surface area contributed by atoms with Crippen LogP contribution in [-0.4, -0.2) is 73.6 Å². The number of alkyl carbamates (subject to hydrolysis) is 1. The normalized spacial score (nSPS) is 17.9. The van der Waals surface area contributed by atoms with Crippen LogP contribution in [0.3, 0.4) is 0 Å². The van der Waals surface area contributed by atoms with Gasteiger partial charge in [0, 0.05) is 25.2 Å². The number of nitro groups is 1. The topological polar surface area (TPSA) is 149 Å². The Morgan fingerprint density at radius 2 is 1.69 bits per heavy atom. The van der Waals surface area contributed by atoms with E-state index in [2.05, 4.69) is 44.5 Å². The van der Waals surface area contributed by atoms with Gasteiger partial charge in [-0.2, -0.15) is 0 Å². The van der Waals surface area contributed by atoms with Gasteiger partial charge in [-0.05, 0) is 63.0 Å². The van der Waals surface area contributed by atoms with Crippen LogP contribution in [0.4, 0.5) is 15.3 Å². The molecule has 0 unspecified atom stereocenters. The zero-order valence-corrected chi connectivity index (χ0v) is 25.2. The summed E-state index contributed by atoms with van der Waals surface area (Å²) in [6, 6.07) is 5.40. The predicted octanol–water partition coefficient (Wildman–Crippen LogP) is 4.34. The molecular weight excluding hydrogens is 524 g/mol. The van der Waals surface area contributed by atoms with Crippen molar-refractivity contribution in [3.05, 3.63) is 39.9 Å². The number of non-ortho nitro benzene ring substituents is 1. The monoisotopic (exact) mass is 566 g/mol. The van der Waals surface area contributed by atoms with Gasteiger partial charge in [0.15, 0.2) is 8.32 Å². The van der Waals surface area contributed by atoms with E-state index < -0.39 is 36.9 Å². The molecule has 1 aliphatic rings. The summed E-state index contributed by atoms with van der Waals surface area (Å²) in [5.41, 5.74) is -0.119. The highest BCUT2D eigenvalue weighted by Crippen LogP contribution is 2.39. The van der Waals surface area contributed by atoms with Gasteiger partial charge in [0.2, 0.25) is 5.91 Å². The Labute approximate surface area is 231 Å². The number of ether oxygens (including phenoxy) is 2. The largest absolute Gasteiger partial charge is 0.445 e. The Morgan fingerprint density at radius 3 is 2.23 bits per heavy atom. The van der Waals surface area contributed by atoms with Crippen molar-refractivity contribution >= 4 is 32.1 Å². The molecule has 2 atom stereocenters. The molecule has 0 aromatic heterocycles. The van der Waals surface area contributed by atoms with Gasteiger partial charge in [-0.1, -0.05) is 20.8 Å². The minimum absolute atomic E-state index is 0.0199. The van der Waals surface area contributed by atoms with Gasteiger partial charge >= 0.3 is 12.2 Å². The summed E-state index contributed by atoms with van der Waals surface area (Å²) in [6.07, 6.45) is -0.975. The van der Waals surface area contributed by atoms with Crippen LogP contribution in [0.2, 0.25) is 18.1 Å². The van der Waals surface area contributed by atoms with Gasteiger partial charge in [0.1, 0.15) is 12.2 Å². The van der Waals surface area contributed by atoms with E-state index in [1.165, 1.54) is 24.3 Å². The Balaban J connectivity index is 2.02. The van der Waals surface area contributed by atoms with Crippen molar-refractivity contribution in [3.8, 4) is 0 Å². The maximum Gasteiger partial charge on any atom is 0.410 e. The van der Waals surface area contributed by atoms with Crippen molar-refractivity contribution in [1.82, 2.24) is 15.5 Å². The number of rotatable bonds is 9. The summed E-state index contributed by atoms with van der Waals surface area (Å²) in [5, 5.41) is 16.0. The minimum Gasteiger partial charge on any atom is -0.445 e. The number of hydrogen-bond donors (Lipinski definition) is 2. The third-order valence-electron chi connectivity index (χ3n) is 6.71. The van der Waals surface area contributed by atoms with Gasteiger partial charge < -0.3 is 29.4 Å². The third-order valence-corrected chi connectivity index (χ3v) is 11.2. The standard InChI is InChI=1S/C26H42N4O8Si/c1-25(2,3)37-23(32)28-15-22(31)27-14-20-13-21(38-39(7,8)26(4,5)6)16-29(20)24(33)36-17-18-9-11-19(12-10-18)30(34)35/h9-12,20-21H,13-17H2,1-8H3,(H,27,31)(H,28,32)/t20-,21+/m0/s1. The lowest BCUT2D eigenvalue weighted by molar-refractivity contribution is -0.384. The van der Waals surface area contributed by atoms with Crippen LogP contribution in [0, 0.1) is 10.1 Å². The van der Waals surface area contributed by atoms with E-state index in [9.17, 15) is 24.5 Å². The maximum atomic E-state index is 13.1. The number of carbonyl (C=O) groups excluding carboxylic acids is 3. The van der Waals surface area contributed by atoms with Crippen LogP contribution in [0.5, 0.6) is 0 Å². The Kier molecular flexibility index (Phi) is 10.5. The molecule has 2 rings (SSSR count). The van der Waals surface area contributed by atoms with Crippen LogP contribution in [-0.2, 0) is 25.3 Å². The van der Waals surface area contributed by atoms with Gasteiger partial charge in [-0.25, -0.2) is 9.59 Å². The number of hydrogen-bond acceptors (Lipinski definition) is 8. The fraction of sp³-hybridized carbons (Fsp3) is 0.654. The van der Waals surface area contributed by atoms with Crippen LogP contribution in [0.1, 0.15) is 53.5 Å². The molecular formula is C26H42N4O8Si.